The van der Waals surface area contributed by atoms with Crippen LogP contribution in [0.1, 0.15) is 32.4 Å². The van der Waals surface area contributed by atoms with Crippen LogP contribution in [-0.2, 0) is 4.79 Å². The standard InChI is InChI=1S/C13H19NO3/c1-4-14-13(16)10(3)17-12-7-5-6-11(8-12)9(2)15/h5-10,15H,4H2,1-3H3,(H,14,16)/t9-,10?/m1/s1. The molecule has 94 valence electrons. The fraction of sp³-hybridized carbons (Fsp3) is 0.462. The zero-order valence-electron chi connectivity index (χ0n) is 10.4. The number of carbonyl (C=O) groups is 1. The Morgan fingerprint density at radius 2 is 2.18 bits per heavy atom. The molecule has 0 aliphatic rings. The maximum atomic E-state index is 11.5. The van der Waals surface area contributed by atoms with Gasteiger partial charge in [-0.15, -0.1) is 0 Å². The van der Waals surface area contributed by atoms with Crippen molar-refractivity contribution >= 4 is 5.91 Å². The van der Waals surface area contributed by atoms with Crippen LogP contribution in [0.25, 0.3) is 0 Å². The smallest absolute Gasteiger partial charge is 0.260 e. The minimum absolute atomic E-state index is 0.144. The summed E-state index contributed by atoms with van der Waals surface area (Å²) in [7, 11) is 0. The van der Waals surface area contributed by atoms with Gasteiger partial charge in [0.1, 0.15) is 5.75 Å². The number of carbonyl (C=O) groups excluding carboxylic acids is 1. The third kappa shape index (κ3) is 4.07. The molecule has 0 aliphatic heterocycles. The van der Waals surface area contributed by atoms with Crippen LogP contribution in [0.2, 0.25) is 0 Å². The van der Waals surface area contributed by atoms with E-state index in [4.69, 9.17) is 4.74 Å². The van der Waals surface area contributed by atoms with Crippen molar-refractivity contribution < 1.29 is 14.6 Å². The highest BCUT2D eigenvalue weighted by Crippen LogP contribution is 2.19. The fourth-order valence-electron chi connectivity index (χ4n) is 1.42. The number of hydrogen-bond donors (Lipinski definition) is 2. The number of rotatable bonds is 5. The number of aliphatic hydroxyl groups is 1. The van der Waals surface area contributed by atoms with E-state index >= 15 is 0 Å². The van der Waals surface area contributed by atoms with Crippen molar-refractivity contribution in [2.24, 2.45) is 0 Å². The van der Waals surface area contributed by atoms with Gasteiger partial charge in [0.05, 0.1) is 6.10 Å². The van der Waals surface area contributed by atoms with Crippen molar-refractivity contribution in [1.29, 1.82) is 0 Å². The van der Waals surface area contributed by atoms with Crippen LogP contribution in [0, 0.1) is 0 Å². The van der Waals surface area contributed by atoms with Crippen LogP contribution >= 0.6 is 0 Å². The molecule has 2 atom stereocenters. The molecule has 0 saturated carbocycles. The van der Waals surface area contributed by atoms with E-state index in [1.807, 2.05) is 13.0 Å². The Kier molecular flexibility index (Phi) is 4.97. The summed E-state index contributed by atoms with van der Waals surface area (Å²) in [6.07, 6.45) is -1.09. The Morgan fingerprint density at radius 1 is 1.47 bits per heavy atom. The van der Waals surface area contributed by atoms with Gasteiger partial charge in [-0.05, 0) is 38.5 Å². The number of hydrogen-bond acceptors (Lipinski definition) is 3. The number of amides is 1. The number of ether oxygens (including phenoxy) is 1. The highest BCUT2D eigenvalue weighted by atomic mass is 16.5. The van der Waals surface area contributed by atoms with Crippen LogP contribution in [-0.4, -0.2) is 23.7 Å². The summed E-state index contributed by atoms with van der Waals surface area (Å²) in [5.41, 5.74) is 0.769. The van der Waals surface area contributed by atoms with Gasteiger partial charge in [-0.25, -0.2) is 0 Å². The molecule has 4 nitrogen and oxygen atoms in total. The molecule has 0 aromatic heterocycles. The second kappa shape index (κ2) is 6.25. The second-order valence-electron chi connectivity index (χ2n) is 3.90. The molecular weight excluding hydrogens is 218 g/mol. The molecule has 0 aliphatic carbocycles. The van der Waals surface area contributed by atoms with Crippen LogP contribution in [0.3, 0.4) is 0 Å². The van der Waals surface area contributed by atoms with E-state index in [-0.39, 0.29) is 5.91 Å². The highest BCUT2D eigenvalue weighted by Gasteiger charge is 2.13. The summed E-state index contributed by atoms with van der Waals surface area (Å²) in [6, 6.07) is 7.11. The first-order chi connectivity index (χ1) is 8.04. The third-order valence-electron chi connectivity index (χ3n) is 2.37. The monoisotopic (exact) mass is 237 g/mol. The van der Waals surface area contributed by atoms with E-state index in [1.165, 1.54) is 0 Å². The normalized spacial score (nSPS) is 13.9. The van der Waals surface area contributed by atoms with Gasteiger partial charge in [-0.3, -0.25) is 4.79 Å². The van der Waals surface area contributed by atoms with Crippen LogP contribution in [0.15, 0.2) is 24.3 Å². The van der Waals surface area contributed by atoms with Gasteiger partial charge in [0.2, 0.25) is 0 Å². The molecule has 0 saturated heterocycles. The lowest BCUT2D eigenvalue weighted by Crippen LogP contribution is -2.36. The number of nitrogens with one attached hydrogen (secondary N) is 1. The maximum absolute atomic E-state index is 11.5. The topological polar surface area (TPSA) is 58.6 Å². The predicted molar refractivity (Wildman–Crippen MR) is 65.8 cm³/mol. The molecule has 1 unspecified atom stereocenters. The molecule has 0 bridgehead atoms. The first-order valence-corrected chi connectivity index (χ1v) is 5.77. The molecule has 0 spiro atoms. The molecule has 0 fully saturated rings. The van der Waals surface area contributed by atoms with Gasteiger partial charge in [-0.2, -0.15) is 0 Å². The molecule has 1 aromatic carbocycles. The van der Waals surface area contributed by atoms with Crippen molar-refractivity contribution in [2.75, 3.05) is 6.54 Å². The Balaban J connectivity index is 2.68. The summed E-state index contributed by atoms with van der Waals surface area (Å²) in [5.74, 6) is 0.442. The van der Waals surface area contributed by atoms with Gasteiger partial charge in [0, 0.05) is 6.54 Å². The summed E-state index contributed by atoms with van der Waals surface area (Å²) in [5, 5.41) is 12.1. The average Bonchev–Trinajstić information content (AvgIpc) is 2.29. The summed E-state index contributed by atoms with van der Waals surface area (Å²) in [6.45, 7) is 5.82. The zero-order valence-corrected chi connectivity index (χ0v) is 10.4. The van der Waals surface area contributed by atoms with E-state index in [1.54, 1.807) is 32.0 Å². The number of likely N-dealkylation sites (N-methyl/N-ethyl adjacent to an activating group) is 1. The van der Waals surface area contributed by atoms with Crippen LogP contribution < -0.4 is 10.1 Å². The van der Waals surface area contributed by atoms with Crippen LogP contribution in [0.5, 0.6) is 5.75 Å². The van der Waals surface area contributed by atoms with Crippen molar-refractivity contribution in [2.45, 2.75) is 33.0 Å². The molecule has 1 amide bonds. The minimum Gasteiger partial charge on any atom is -0.481 e. The van der Waals surface area contributed by atoms with Gasteiger partial charge < -0.3 is 15.2 Å². The maximum Gasteiger partial charge on any atom is 0.260 e. The molecular formula is C13H19NO3. The average molecular weight is 237 g/mol. The fourth-order valence-corrected chi connectivity index (χ4v) is 1.42. The van der Waals surface area contributed by atoms with E-state index in [2.05, 4.69) is 5.32 Å². The largest absolute Gasteiger partial charge is 0.481 e. The zero-order chi connectivity index (χ0) is 12.8. The summed E-state index contributed by atoms with van der Waals surface area (Å²) >= 11 is 0. The first-order valence-electron chi connectivity index (χ1n) is 5.77. The second-order valence-corrected chi connectivity index (χ2v) is 3.90. The molecule has 0 heterocycles. The Morgan fingerprint density at radius 3 is 2.76 bits per heavy atom. The van der Waals surface area contributed by atoms with Crippen molar-refractivity contribution in [3.8, 4) is 5.75 Å². The third-order valence-corrected chi connectivity index (χ3v) is 2.37. The molecule has 0 radical (unpaired) electrons. The highest BCUT2D eigenvalue weighted by molar-refractivity contribution is 5.80. The first kappa shape index (κ1) is 13.5. The van der Waals surface area contributed by atoms with E-state index in [0.717, 1.165) is 5.56 Å². The lowest BCUT2D eigenvalue weighted by Gasteiger charge is -2.15. The lowest BCUT2D eigenvalue weighted by molar-refractivity contribution is -0.127. The van der Waals surface area contributed by atoms with Gasteiger partial charge in [-0.1, -0.05) is 12.1 Å². The van der Waals surface area contributed by atoms with E-state index in [9.17, 15) is 9.90 Å². The van der Waals surface area contributed by atoms with Gasteiger partial charge in [0.25, 0.3) is 5.91 Å². The number of aliphatic hydroxyl groups excluding tert-OH is 1. The molecule has 4 heteroatoms. The van der Waals surface area contributed by atoms with Crippen LogP contribution in [0.4, 0.5) is 0 Å². The predicted octanol–water partition coefficient (Wildman–Crippen LogP) is 1.64. The summed E-state index contributed by atoms with van der Waals surface area (Å²) in [4.78, 5) is 11.5. The SMILES string of the molecule is CCNC(=O)C(C)Oc1cccc([C@@H](C)O)c1. The molecule has 2 N–H and O–H groups in total. The molecule has 17 heavy (non-hydrogen) atoms. The molecule has 1 aromatic rings. The van der Waals surface area contributed by atoms with Crippen molar-refractivity contribution in [1.82, 2.24) is 5.32 Å². The Hall–Kier alpha value is -1.55. The lowest BCUT2D eigenvalue weighted by atomic mass is 10.1. The van der Waals surface area contributed by atoms with Gasteiger partial charge in [0.15, 0.2) is 6.10 Å². The molecule has 1 rings (SSSR count). The minimum atomic E-state index is -0.543. The van der Waals surface area contributed by atoms with Crippen molar-refractivity contribution in [3.63, 3.8) is 0 Å². The Labute approximate surface area is 102 Å². The summed E-state index contributed by atoms with van der Waals surface area (Å²) < 4.78 is 5.50. The van der Waals surface area contributed by atoms with Crippen molar-refractivity contribution in [3.05, 3.63) is 29.8 Å². The Bertz CT molecular complexity index is 377. The quantitative estimate of drug-likeness (QED) is 0.818. The van der Waals surface area contributed by atoms with Gasteiger partial charge >= 0.3 is 0 Å². The van der Waals surface area contributed by atoms with E-state index < -0.39 is 12.2 Å². The number of benzene rings is 1. The van der Waals surface area contributed by atoms with E-state index in [0.29, 0.717) is 12.3 Å².